The molecule has 2 aromatic heterocycles. The lowest BCUT2D eigenvalue weighted by molar-refractivity contribution is 0.0701. The number of hydrogen-bond donors (Lipinski definition) is 1. The molecule has 100 valence electrons. The highest BCUT2D eigenvalue weighted by Gasteiger charge is 2.13. The fourth-order valence-electron chi connectivity index (χ4n) is 2.10. The Bertz CT molecular complexity index is 851. The summed E-state index contributed by atoms with van der Waals surface area (Å²) < 4.78 is 1.64. The lowest BCUT2D eigenvalue weighted by Crippen LogP contribution is -2.13. The van der Waals surface area contributed by atoms with Crippen LogP contribution in [0.5, 0.6) is 0 Å². The van der Waals surface area contributed by atoms with Crippen LogP contribution in [0.2, 0.25) is 0 Å². The third kappa shape index (κ3) is 2.10. The smallest absolute Gasteiger partial charge is 0.346 e. The summed E-state index contributed by atoms with van der Waals surface area (Å²) >= 11 is 1.18. The minimum atomic E-state index is -0.944. The van der Waals surface area contributed by atoms with Crippen LogP contribution in [0.25, 0.3) is 10.9 Å². The van der Waals surface area contributed by atoms with E-state index in [1.807, 2.05) is 6.07 Å². The second-order valence-electron chi connectivity index (χ2n) is 4.26. The van der Waals surface area contributed by atoms with Crippen LogP contribution in [0.4, 0.5) is 0 Å². The Labute approximate surface area is 117 Å². The van der Waals surface area contributed by atoms with Crippen molar-refractivity contribution in [2.45, 2.75) is 6.54 Å². The van der Waals surface area contributed by atoms with Gasteiger partial charge in [0.05, 0.1) is 18.3 Å². The Morgan fingerprint density at radius 3 is 2.90 bits per heavy atom. The molecule has 2 heterocycles. The van der Waals surface area contributed by atoms with Gasteiger partial charge in [-0.05, 0) is 29.1 Å². The number of carboxylic acids is 1. The van der Waals surface area contributed by atoms with E-state index in [1.54, 1.807) is 34.3 Å². The van der Waals surface area contributed by atoms with Gasteiger partial charge in [-0.3, -0.25) is 9.48 Å². The largest absolute Gasteiger partial charge is 0.477 e. The maximum Gasteiger partial charge on any atom is 0.346 e. The van der Waals surface area contributed by atoms with Gasteiger partial charge in [0.15, 0.2) is 0 Å². The highest BCUT2D eigenvalue weighted by molar-refractivity contribution is 7.12. The van der Waals surface area contributed by atoms with Crippen LogP contribution < -0.4 is 5.43 Å². The first-order chi connectivity index (χ1) is 9.66. The van der Waals surface area contributed by atoms with Crippen LogP contribution in [0.3, 0.4) is 0 Å². The summed E-state index contributed by atoms with van der Waals surface area (Å²) in [7, 11) is 0. The van der Waals surface area contributed by atoms with E-state index in [0.717, 1.165) is 0 Å². The van der Waals surface area contributed by atoms with Gasteiger partial charge in [0, 0.05) is 5.39 Å². The van der Waals surface area contributed by atoms with E-state index in [-0.39, 0.29) is 5.43 Å². The zero-order chi connectivity index (χ0) is 14.1. The van der Waals surface area contributed by atoms with Gasteiger partial charge >= 0.3 is 5.97 Å². The number of thiophene rings is 1. The van der Waals surface area contributed by atoms with Crippen molar-refractivity contribution in [2.75, 3.05) is 0 Å². The van der Waals surface area contributed by atoms with E-state index in [2.05, 4.69) is 5.10 Å². The standard InChI is InChI=1S/C14H10N2O3S/c17-12-7-15-16(11-4-2-1-3-10(11)12)8-9-5-6-20-13(9)14(18)19/h1-7H,8H2,(H,18,19). The zero-order valence-corrected chi connectivity index (χ0v) is 11.1. The first kappa shape index (κ1) is 12.6. The van der Waals surface area contributed by atoms with Crippen LogP contribution >= 0.6 is 11.3 Å². The number of hydrogen-bond acceptors (Lipinski definition) is 4. The van der Waals surface area contributed by atoms with Crippen LogP contribution in [0.15, 0.2) is 46.7 Å². The molecule has 0 aliphatic heterocycles. The third-order valence-corrected chi connectivity index (χ3v) is 3.97. The first-order valence-corrected chi connectivity index (χ1v) is 6.79. The number of aromatic nitrogens is 2. The second kappa shape index (κ2) is 4.90. The number of carbonyl (C=O) groups is 1. The number of para-hydroxylation sites is 1. The number of rotatable bonds is 3. The van der Waals surface area contributed by atoms with Crippen LogP contribution in [-0.2, 0) is 6.54 Å². The molecule has 3 aromatic rings. The fourth-order valence-corrected chi connectivity index (χ4v) is 2.85. The Balaban J connectivity index is 2.12. The van der Waals surface area contributed by atoms with Gasteiger partial charge in [0.1, 0.15) is 4.88 Å². The number of aromatic carboxylic acids is 1. The quantitative estimate of drug-likeness (QED) is 0.801. The third-order valence-electron chi connectivity index (χ3n) is 3.02. The molecule has 20 heavy (non-hydrogen) atoms. The Kier molecular flexibility index (Phi) is 3.08. The monoisotopic (exact) mass is 286 g/mol. The predicted octanol–water partition coefficient (Wildman–Crippen LogP) is 2.20. The minimum Gasteiger partial charge on any atom is -0.477 e. The summed E-state index contributed by atoms with van der Waals surface area (Å²) in [5.41, 5.74) is 1.24. The molecular formula is C14H10N2O3S. The molecule has 6 heteroatoms. The lowest BCUT2D eigenvalue weighted by Gasteiger charge is -2.08. The summed E-state index contributed by atoms with van der Waals surface area (Å²) in [6, 6.07) is 8.92. The molecule has 0 fully saturated rings. The lowest BCUT2D eigenvalue weighted by atomic mass is 10.2. The van der Waals surface area contributed by atoms with Crippen molar-refractivity contribution in [2.24, 2.45) is 0 Å². The number of carboxylic acid groups (broad SMARTS) is 1. The number of fused-ring (bicyclic) bond motifs is 1. The average molecular weight is 286 g/mol. The molecule has 0 unspecified atom stereocenters. The molecule has 5 nitrogen and oxygen atoms in total. The molecule has 0 aliphatic rings. The molecule has 0 atom stereocenters. The van der Waals surface area contributed by atoms with Crippen LogP contribution in [0, 0.1) is 0 Å². The van der Waals surface area contributed by atoms with Crippen LogP contribution in [-0.4, -0.2) is 20.9 Å². The number of benzene rings is 1. The predicted molar refractivity (Wildman–Crippen MR) is 76.4 cm³/mol. The van der Waals surface area contributed by atoms with Crippen molar-refractivity contribution in [3.05, 3.63) is 62.6 Å². The summed E-state index contributed by atoms with van der Waals surface area (Å²) in [6.07, 6.45) is 1.26. The molecule has 0 radical (unpaired) electrons. The summed E-state index contributed by atoms with van der Waals surface area (Å²) in [5, 5.41) is 15.5. The number of nitrogens with zero attached hydrogens (tertiary/aromatic N) is 2. The van der Waals surface area contributed by atoms with E-state index in [4.69, 9.17) is 5.11 Å². The molecule has 0 aliphatic carbocycles. The Hall–Kier alpha value is -2.47. The normalized spacial score (nSPS) is 10.8. The maximum atomic E-state index is 11.7. The minimum absolute atomic E-state index is 0.138. The van der Waals surface area contributed by atoms with Crippen LogP contribution in [0.1, 0.15) is 15.2 Å². The molecule has 0 saturated heterocycles. The van der Waals surface area contributed by atoms with Gasteiger partial charge in [0.25, 0.3) is 0 Å². The average Bonchev–Trinajstić information content (AvgIpc) is 2.91. The molecule has 1 aromatic carbocycles. The molecule has 1 N–H and O–H groups in total. The molecule has 0 saturated carbocycles. The van der Waals surface area contributed by atoms with E-state index >= 15 is 0 Å². The maximum absolute atomic E-state index is 11.7. The Morgan fingerprint density at radius 1 is 1.30 bits per heavy atom. The van der Waals surface area contributed by atoms with E-state index in [1.165, 1.54) is 17.5 Å². The summed E-state index contributed by atoms with van der Waals surface area (Å²) in [5.74, 6) is -0.944. The molecule has 0 amide bonds. The molecule has 3 rings (SSSR count). The molecular weight excluding hydrogens is 276 g/mol. The van der Waals surface area contributed by atoms with Gasteiger partial charge in [-0.25, -0.2) is 4.79 Å². The van der Waals surface area contributed by atoms with Crippen molar-refractivity contribution >= 4 is 28.2 Å². The highest BCUT2D eigenvalue weighted by Crippen LogP contribution is 2.19. The van der Waals surface area contributed by atoms with Crippen molar-refractivity contribution in [1.29, 1.82) is 0 Å². The van der Waals surface area contributed by atoms with E-state index < -0.39 is 5.97 Å². The SMILES string of the molecule is O=C(O)c1sccc1Cn1ncc(=O)c2ccccc21. The van der Waals surface area contributed by atoms with E-state index in [0.29, 0.717) is 27.9 Å². The first-order valence-electron chi connectivity index (χ1n) is 5.91. The van der Waals surface area contributed by atoms with Gasteiger partial charge in [-0.15, -0.1) is 11.3 Å². The van der Waals surface area contributed by atoms with Crippen molar-refractivity contribution in [3.63, 3.8) is 0 Å². The van der Waals surface area contributed by atoms with Crippen molar-refractivity contribution in [3.8, 4) is 0 Å². The second-order valence-corrected chi connectivity index (χ2v) is 5.18. The van der Waals surface area contributed by atoms with Crippen molar-refractivity contribution in [1.82, 2.24) is 9.78 Å². The molecule has 0 spiro atoms. The van der Waals surface area contributed by atoms with Crippen molar-refractivity contribution < 1.29 is 9.90 Å². The summed E-state index contributed by atoms with van der Waals surface area (Å²) in [4.78, 5) is 23.2. The van der Waals surface area contributed by atoms with Gasteiger partial charge in [0.2, 0.25) is 5.43 Å². The Morgan fingerprint density at radius 2 is 2.10 bits per heavy atom. The zero-order valence-electron chi connectivity index (χ0n) is 10.3. The van der Waals surface area contributed by atoms with Gasteiger partial charge in [-0.2, -0.15) is 5.10 Å². The fraction of sp³-hybridized carbons (Fsp3) is 0.0714. The van der Waals surface area contributed by atoms with Gasteiger partial charge < -0.3 is 5.11 Å². The molecule has 0 bridgehead atoms. The topological polar surface area (TPSA) is 72.2 Å². The highest BCUT2D eigenvalue weighted by atomic mass is 32.1. The van der Waals surface area contributed by atoms with E-state index in [9.17, 15) is 9.59 Å². The van der Waals surface area contributed by atoms with Gasteiger partial charge in [-0.1, -0.05) is 12.1 Å². The summed E-state index contributed by atoms with van der Waals surface area (Å²) in [6.45, 7) is 0.325.